The number of hydrogen-bond donors (Lipinski definition) is 2. The molecular formula is C16H26N2O4. The van der Waals surface area contributed by atoms with Gasteiger partial charge >= 0.3 is 0 Å². The second kappa shape index (κ2) is 9.63. The van der Waals surface area contributed by atoms with Crippen molar-refractivity contribution in [1.82, 2.24) is 0 Å². The number of ether oxygens (including phenoxy) is 3. The molecule has 0 bridgehead atoms. The van der Waals surface area contributed by atoms with E-state index in [2.05, 4.69) is 17.0 Å². The molecule has 0 unspecified atom stereocenters. The average Bonchev–Trinajstić information content (AvgIpc) is 2.91. The van der Waals surface area contributed by atoms with Crippen LogP contribution in [0, 0.1) is 0 Å². The Morgan fingerprint density at radius 1 is 1.00 bits per heavy atom. The molecule has 124 valence electrons. The smallest absolute Gasteiger partial charge is 0.0701 e. The number of anilines is 2. The first-order valence-electron chi connectivity index (χ1n) is 7.78. The van der Waals surface area contributed by atoms with Gasteiger partial charge in [0.2, 0.25) is 0 Å². The van der Waals surface area contributed by atoms with Crippen LogP contribution in [0.2, 0.25) is 0 Å². The highest BCUT2D eigenvalue weighted by atomic mass is 16.5. The second-order valence-electron chi connectivity index (χ2n) is 5.19. The normalized spacial score (nSPS) is 13.6. The monoisotopic (exact) mass is 310 g/mol. The molecule has 1 aliphatic rings. The summed E-state index contributed by atoms with van der Waals surface area (Å²) in [5.41, 5.74) is 9.23. The summed E-state index contributed by atoms with van der Waals surface area (Å²) < 4.78 is 16.0. The van der Waals surface area contributed by atoms with Gasteiger partial charge in [0.25, 0.3) is 0 Å². The van der Waals surface area contributed by atoms with Crippen LogP contribution >= 0.6 is 0 Å². The van der Waals surface area contributed by atoms with Gasteiger partial charge in [-0.05, 0) is 30.2 Å². The highest BCUT2D eigenvalue weighted by molar-refractivity contribution is 5.62. The molecule has 2 rings (SSSR count). The molecule has 6 nitrogen and oxygen atoms in total. The van der Waals surface area contributed by atoms with E-state index in [9.17, 15) is 0 Å². The number of rotatable bonds is 11. The number of nitrogens with two attached hydrogens (primary N) is 1. The van der Waals surface area contributed by atoms with Crippen molar-refractivity contribution >= 4 is 11.4 Å². The van der Waals surface area contributed by atoms with E-state index in [0.29, 0.717) is 39.6 Å². The minimum absolute atomic E-state index is 0.0509. The van der Waals surface area contributed by atoms with Gasteiger partial charge in [-0.15, -0.1) is 0 Å². The minimum Gasteiger partial charge on any atom is -0.399 e. The summed E-state index contributed by atoms with van der Waals surface area (Å²) in [5, 5.41) is 8.53. The lowest BCUT2D eigenvalue weighted by Gasteiger charge is -2.19. The molecule has 0 fully saturated rings. The molecule has 3 N–H and O–H groups in total. The number of aliphatic hydroxyl groups excluding tert-OH is 1. The first kappa shape index (κ1) is 17.0. The average molecular weight is 310 g/mol. The summed E-state index contributed by atoms with van der Waals surface area (Å²) in [7, 11) is 0. The molecule has 0 saturated carbocycles. The van der Waals surface area contributed by atoms with E-state index in [1.54, 1.807) is 0 Å². The van der Waals surface area contributed by atoms with Crippen molar-refractivity contribution in [2.45, 2.75) is 6.42 Å². The van der Waals surface area contributed by atoms with Gasteiger partial charge in [0.15, 0.2) is 0 Å². The van der Waals surface area contributed by atoms with Crippen molar-refractivity contribution in [2.75, 3.05) is 70.0 Å². The highest BCUT2D eigenvalue weighted by Gasteiger charge is 2.18. The molecule has 1 aromatic carbocycles. The molecule has 0 amide bonds. The number of fused-ring (bicyclic) bond motifs is 1. The summed E-state index contributed by atoms with van der Waals surface area (Å²) in [6.45, 7) is 5.21. The predicted octanol–water partition coefficient (Wildman–Crippen LogP) is 0.673. The Bertz CT molecular complexity index is 442. The largest absolute Gasteiger partial charge is 0.399 e. The Balaban J connectivity index is 1.50. The van der Waals surface area contributed by atoms with Gasteiger partial charge in [0.05, 0.1) is 46.2 Å². The van der Waals surface area contributed by atoms with E-state index in [1.807, 2.05) is 6.07 Å². The lowest BCUT2D eigenvalue weighted by molar-refractivity contribution is 0.00876. The van der Waals surface area contributed by atoms with Crippen molar-refractivity contribution in [3.8, 4) is 0 Å². The SMILES string of the molecule is Nc1ccc2c(c1)CCN2CCOCCOCCOCCO. The maximum Gasteiger partial charge on any atom is 0.0701 e. The maximum absolute atomic E-state index is 8.53. The Morgan fingerprint density at radius 2 is 1.68 bits per heavy atom. The third kappa shape index (κ3) is 5.46. The Hall–Kier alpha value is -1.34. The van der Waals surface area contributed by atoms with Gasteiger partial charge in [0.1, 0.15) is 0 Å². The molecule has 6 heteroatoms. The first-order chi connectivity index (χ1) is 10.8. The zero-order valence-electron chi connectivity index (χ0n) is 13.0. The van der Waals surface area contributed by atoms with Gasteiger partial charge in [-0.25, -0.2) is 0 Å². The minimum atomic E-state index is 0.0509. The van der Waals surface area contributed by atoms with Crippen molar-refractivity contribution in [3.05, 3.63) is 23.8 Å². The molecule has 1 heterocycles. The van der Waals surface area contributed by atoms with E-state index in [0.717, 1.165) is 25.2 Å². The van der Waals surface area contributed by atoms with Crippen molar-refractivity contribution < 1.29 is 19.3 Å². The molecule has 0 aromatic heterocycles. The van der Waals surface area contributed by atoms with Gasteiger partial charge in [-0.3, -0.25) is 0 Å². The first-order valence-corrected chi connectivity index (χ1v) is 7.78. The van der Waals surface area contributed by atoms with E-state index in [1.165, 1.54) is 11.3 Å². The Morgan fingerprint density at radius 3 is 2.41 bits per heavy atom. The molecule has 0 atom stereocenters. The topological polar surface area (TPSA) is 77.2 Å². The van der Waals surface area contributed by atoms with E-state index in [4.69, 9.17) is 25.1 Å². The van der Waals surface area contributed by atoms with Crippen LogP contribution in [-0.4, -0.2) is 64.4 Å². The van der Waals surface area contributed by atoms with Gasteiger partial charge in [0, 0.05) is 24.5 Å². The highest BCUT2D eigenvalue weighted by Crippen LogP contribution is 2.29. The second-order valence-corrected chi connectivity index (χ2v) is 5.19. The predicted molar refractivity (Wildman–Crippen MR) is 86.3 cm³/mol. The molecule has 0 radical (unpaired) electrons. The fourth-order valence-electron chi connectivity index (χ4n) is 2.50. The van der Waals surface area contributed by atoms with E-state index < -0.39 is 0 Å². The fraction of sp³-hybridized carbons (Fsp3) is 0.625. The van der Waals surface area contributed by atoms with Crippen LogP contribution in [0.3, 0.4) is 0 Å². The lowest BCUT2D eigenvalue weighted by atomic mass is 10.1. The Kier molecular flexibility index (Phi) is 7.45. The summed E-state index contributed by atoms with van der Waals surface area (Å²) in [5.74, 6) is 0. The number of hydrogen-bond acceptors (Lipinski definition) is 6. The van der Waals surface area contributed by atoms with E-state index in [-0.39, 0.29) is 6.61 Å². The molecule has 22 heavy (non-hydrogen) atoms. The molecule has 0 saturated heterocycles. The summed E-state index contributed by atoms with van der Waals surface area (Å²) in [6, 6.07) is 6.10. The maximum atomic E-state index is 8.53. The molecule has 0 spiro atoms. The molecule has 1 aliphatic heterocycles. The summed E-state index contributed by atoms with van der Waals surface area (Å²) >= 11 is 0. The molecule has 0 aliphatic carbocycles. The lowest BCUT2D eigenvalue weighted by Crippen LogP contribution is -2.25. The third-order valence-corrected chi connectivity index (χ3v) is 3.58. The van der Waals surface area contributed by atoms with Crippen LogP contribution in [0.15, 0.2) is 18.2 Å². The van der Waals surface area contributed by atoms with Gasteiger partial charge in [-0.1, -0.05) is 0 Å². The van der Waals surface area contributed by atoms with Gasteiger partial charge in [-0.2, -0.15) is 0 Å². The zero-order chi connectivity index (χ0) is 15.6. The van der Waals surface area contributed by atoms with Crippen LogP contribution < -0.4 is 10.6 Å². The molecular weight excluding hydrogens is 284 g/mol. The zero-order valence-corrected chi connectivity index (χ0v) is 13.0. The number of nitrogens with zero attached hydrogens (tertiary/aromatic N) is 1. The van der Waals surface area contributed by atoms with E-state index >= 15 is 0 Å². The third-order valence-electron chi connectivity index (χ3n) is 3.58. The number of aliphatic hydroxyl groups is 1. The number of benzene rings is 1. The fourth-order valence-corrected chi connectivity index (χ4v) is 2.50. The standard InChI is InChI=1S/C16H26N2O4/c17-15-1-2-16-14(13-15)3-4-18(16)5-7-20-9-11-22-12-10-21-8-6-19/h1-2,13,19H,3-12,17H2. The summed E-state index contributed by atoms with van der Waals surface area (Å²) in [6.07, 6.45) is 1.05. The van der Waals surface area contributed by atoms with Crippen LogP contribution in [-0.2, 0) is 20.6 Å². The molecule has 1 aromatic rings. The quantitative estimate of drug-likeness (QED) is 0.462. The van der Waals surface area contributed by atoms with Gasteiger partial charge < -0.3 is 30.0 Å². The van der Waals surface area contributed by atoms with Crippen LogP contribution in [0.25, 0.3) is 0 Å². The van der Waals surface area contributed by atoms with Crippen LogP contribution in [0.4, 0.5) is 11.4 Å². The van der Waals surface area contributed by atoms with Crippen molar-refractivity contribution in [3.63, 3.8) is 0 Å². The van der Waals surface area contributed by atoms with Crippen LogP contribution in [0.1, 0.15) is 5.56 Å². The van der Waals surface area contributed by atoms with Crippen LogP contribution in [0.5, 0.6) is 0 Å². The number of nitrogen functional groups attached to an aromatic ring is 1. The van der Waals surface area contributed by atoms with Crippen molar-refractivity contribution in [1.29, 1.82) is 0 Å². The summed E-state index contributed by atoms with van der Waals surface area (Å²) in [4.78, 5) is 2.33. The van der Waals surface area contributed by atoms with Crippen molar-refractivity contribution in [2.24, 2.45) is 0 Å². The Labute approximate surface area is 131 Å².